The zero-order chi connectivity index (χ0) is 16.9. The zero-order valence-electron chi connectivity index (χ0n) is 12.9. The lowest BCUT2D eigenvalue weighted by atomic mass is 10.2. The predicted molar refractivity (Wildman–Crippen MR) is 85.2 cm³/mol. The Kier molecular flexibility index (Phi) is 5.86. The summed E-state index contributed by atoms with van der Waals surface area (Å²) in [6.45, 7) is 4.54. The lowest BCUT2D eigenvalue weighted by molar-refractivity contribution is 0.0946. The summed E-state index contributed by atoms with van der Waals surface area (Å²) in [5.41, 5.74) is -0.275. The first-order valence-corrected chi connectivity index (χ1v) is 8.87. The molecule has 6 nitrogen and oxygen atoms in total. The van der Waals surface area contributed by atoms with Gasteiger partial charge < -0.3 is 5.32 Å². The molecule has 8 heteroatoms. The van der Waals surface area contributed by atoms with Crippen molar-refractivity contribution in [1.29, 1.82) is 0 Å². The van der Waals surface area contributed by atoms with Gasteiger partial charge in [0.25, 0.3) is 5.91 Å². The fourth-order valence-corrected chi connectivity index (χ4v) is 3.31. The van der Waals surface area contributed by atoms with Crippen molar-refractivity contribution < 1.29 is 17.6 Å². The van der Waals surface area contributed by atoms with E-state index in [4.69, 9.17) is 0 Å². The van der Waals surface area contributed by atoms with Gasteiger partial charge in [-0.15, -0.1) is 0 Å². The van der Waals surface area contributed by atoms with Crippen molar-refractivity contribution in [2.24, 2.45) is 0 Å². The molecule has 0 fully saturated rings. The summed E-state index contributed by atoms with van der Waals surface area (Å²) in [5, 5.41) is 2.61. The maximum absolute atomic E-state index is 13.8. The molecule has 0 aromatic heterocycles. The van der Waals surface area contributed by atoms with Gasteiger partial charge in [-0.3, -0.25) is 9.69 Å². The maximum Gasteiger partial charge on any atom is 0.254 e. The first kappa shape index (κ1) is 17.6. The Balaban J connectivity index is 2.04. The molecule has 1 aliphatic heterocycles. The molecule has 0 atom stereocenters. The van der Waals surface area contributed by atoms with Crippen molar-refractivity contribution >= 4 is 15.9 Å². The van der Waals surface area contributed by atoms with E-state index in [1.807, 2.05) is 12.2 Å². The molecule has 0 bridgehead atoms. The molecule has 1 aromatic rings. The van der Waals surface area contributed by atoms with Crippen LogP contribution < -0.4 is 10.0 Å². The highest BCUT2D eigenvalue weighted by molar-refractivity contribution is 7.89. The number of hydrogen-bond acceptors (Lipinski definition) is 4. The van der Waals surface area contributed by atoms with Gasteiger partial charge in [0.1, 0.15) is 5.82 Å². The molecule has 126 valence electrons. The second-order valence-corrected chi connectivity index (χ2v) is 6.90. The van der Waals surface area contributed by atoms with Crippen LogP contribution in [0.1, 0.15) is 17.3 Å². The highest BCUT2D eigenvalue weighted by atomic mass is 32.2. The van der Waals surface area contributed by atoms with E-state index in [9.17, 15) is 17.6 Å². The van der Waals surface area contributed by atoms with Crippen molar-refractivity contribution in [3.8, 4) is 0 Å². The van der Waals surface area contributed by atoms with Crippen LogP contribution in [-0.2, 0) is 10.0 Å². The molecule has 1 aromatic carbocycles. The van der Waals surface area contributed by atoms with Crippen LogP contribution in [0.25, 0.3) is 0 Å². The number of sulfonamides is 1. The van der Waals surface area contributed by atoms with E-state index in [-0.39, 0.29) is 17.0 Å². The molecule has 0 spiro atoms. The summed E-state index contributed by atoms with van der Waals surface area (Å²) in [5.74, 6) is -1.37. The lowest BCUT2D eigenvalue weighted by Gasteiger charge is -2.15. The quantitative estimate of drug-likeness (QED) is 0.717. The third-order valence-corrected chi connectivity index (χ3v) is 4.98. The average Bonchev–Trinajstić information content (AvgIpc) is 3.00. The standard InChI is InChI=1S/C15H20FN3O3S/c1-2-18-23(21,22)12-5-6-14(16)13(11-12)15(20)17-7-10-19-8-3-4-9-19/h3-6,11,18H,2,7-10H2,1H3,(H,17,20). The molecule has 1 amide bonds. The molecule has 0 radical (unpaired) electrons. The number of hydrogen-bond donors (Lipinski definition) is 2. The minimum Gasteiger partial charge on any atom is -0.351 e. The molecule has 0 saturated heterocycles. The molecular weight excluding hydrogens is 321 g/mol. The SMILES string of the molecule is CCNS(=O)(=O)c1ccc(F)c(C(=O)NCCN2CC=CC2)c1. The second-order valence-electron chi connectivity index (χ2n) is 5.13. The van der Waals surface area contributed by atoms with Gasteiger partial charge >= 0.3 is 0 Å². The fraction of sp³-hybridized carbons (Fsp3) is 0.400. The van der Waals surface area contributed by atoms with E-state index >= 15 is 0 Å². The summed E-state index contributed by atoms with van der Waals surface area (Å²) in [4.78, 5) is 14.1. The Bertz CT molecular complexity index is 696. The Labute approximate surface area is 135 Å². The van der Waals surface area contributed by atoms with Crippen LogP contribution in [0.4, 0.5) is 4.39 Å². The summed E-state index contributed by atoms with van der Waals surface area (Å²) < 4.78 is 40.0. The fourth-order valence-electron chi connectivity index (χ4n) is 2.25. The lowest BCUT2D eigenvalue weighted by Crippen LogP contribution is -2.34. The van der Waals surface area contributed by atoms with E-state index in [0.29, 0.717) is 13.1 Å². The average molecular weight is 341 g/mol. The number of carbonyl (C=O) groups excluding carboxylic acids is 1. The minimum absolute atomic E-state index is 0.130. The maximum atomic E-state index is 13.8. The Morgan fingerprint density at radius 2 is 2.00 bits per heavy atom. The summed E-state index contributed by atoms with van der Waals surface area (Å²) in [6, 6.07) is 3.18. The highest BCUT2D eigenvalue weighted by Crippen LogP contribution is 2.15. The van der Waals surface area contributed by atoms with E-state index in [0.717, 1.165) is 31.3 Å². The topological polar surface area (TPSA) is 78.5 Å². The number of nitrogens with zero attached hydrogens (tertiary/aromatic N) is 1. The molecule has 0 aliphatic carbocycles. The third kappa shape index (κ3) is 4.60. The first-order valence-electron chi connectivity index (χ1n) is 7.39. The van der Waals surface area contributed by atoms with Crippen LogP contribution >= 0.6 is 0 Å². The largest absolute Gasteiger partial charge is 0.351 e. The van der Waals surface area contributed by atoms with Gasteiger partial charge in [0, 0.05) is 32.7 Å². The van der Waals surface area contributed by atoms with Crippen LogP contribution in [-0.4, -0.2) is 51.9 Å². The second kappa shape index (κ2) is 7.67. The zero-order valence-corrected chi connectivity index (χ0v) is 13.7. The Morgan fingerprint density at radius 3 is 2.65 bits per heavy atom. The highest BCUT2D eigenvalue weighted by Gasteiger charge is 2.19. The van der Waals surface area contributed by atoms with Crippen molar-refractivity contribution in [1.82, 2.24) is 14.9 Å². The minimum atomic E-state index is -3.73. The van der Waals surface area contributed by atoms with E-state index in [1.165, 1.54) is 0 Å². The molecule has 23 heavy (non-hydrogen) atoms. The molecule has 1 aliphatic rings. The number of benzene rings is 1. The molecular formula is C15H20FN3O3S. The van der Waals surface area contributed by atoms with Crippen LogP contribution in [0.2, 0.25) is 0 Å². The van der Waals surface area contributed by atoms with Gasteiger partial charge in [-0.2, -0.15) is 0 Å². The van der Waals surface area contributed by atoms with Gasteiger partial charge in [0.05, 0.1) is 10.5 Å². The molecule has 0 saturated carbocycles. The third-order valence-electron chi connectivity index (χ3n) is 3.43. The van der Waals surface area contributed by atoms with Crippen molar-refractivity contribution in [3.05, 3.63) is 41.7 Å². The van der Waals surface area contributed by atoms with Crippen molar-refractivity contribution in [2.75, 3.05) is 32.7 Å². The van der Waals surface area contributed by atoms with Crippen LogP contribution in [0.15, 0.2) is 35.2 Å². The summed E-state index contributed by atoms with van der Waals surface area (Å²) in [7, 11) is -3.73. The van der Waals surface area contributed by atoms with Gasteiger partial charge in [0.2, 0.25) is 10.0 Å². The van der Waals surface area contributed by atoms with Gasteiger partial charge in [-0.25, -0.2) is 17.5 Å². The number of amides is 1. The molecule has 2 N–H and O–H groups in total. The number of rotatable bonds is 7. The van der Waals surface area contributed by atoms with Crippen molar-refractivity contribution in [2.45, 2.75) is 11.8 Å². The van der Waals surface area contributed by atoms with Gasteiger partial charge in [-0.1, -0.05) is 19.1 Å². The predicted octanol–water partition coefficient (Wildman–Crippen LogP) is 0.726. The number of carbonyl (C=O) groups is 1. The smallest absolute Gasteiger partial charge is 0.254 e. The Morgan fingerprint density at radius 1 is 1.30 bits per heavy atom. The van der Waals surface area contributed by atoms with Gasteiger partial charge in [-0.05, 0) is 18.2 Å². The van der Waals surface area contributed by atoms with E-state index in [2.05, 4.69) is 14.9 Å². The summed E-state index contributed by atoms with van der Waals surface area (Å²) >= 11 is 0. The normalized spacial score (nSPS) is 15.0. The molecule has 0 unspecified atom stereocenters. The number of halogens is 1. The monoisotopic (exact) mass is 341 g/mol. The van der Waals surface area contributed by atoms with Crippen LogP contribution in [0.5, 0.6) is 0 Å². The van der Waals surface area contributed by atoms with E-state index < -0.39 is 21.7 Å². The van der Waals surface area contributed by atoms with Crippen molar-refractivity contribution in [3.63, 3.8) is 0 Å². The van der Waals surface area contributed by atoms with Gasteiger partial charge in [0.15, 0.2) is 0 Å². The number of nitrogens with one attached hydrogen (secondary N) is 2. The Hall–Kier alpha value is -1.77. The molecule has 2 rings (SSSR count). The molecule has 1 heterocycles. The first-order chi connectivity index (χ1) is 10.9. The van der Waals surface area contributed by atoms with E-state index in [1.54, 1.807) is 6.92 Å². The van der Waals surface area contributed by atoms with Crippen LogP contribution in [0.3, 0.4) is 0 Å². The summed E-state index contributed by atoms with van der Waals surface area (Å²) in [6.07, 6.45) is 4.08. The van der Waals surface area contributed by atoms with Crippen LogP contribution in [0, 0.1) is 5.82 Å².